The predicted molar refractivity (Wildman–Crippen MR) is 101 cm³/mol. The topological polar surface area (TPSA) is 56.6 Å². The number of ether oxygens (including phenoxy) is 2. The first-order valence-corrected chi connectivity index (χ1v) is 9.63. The van der Waals surface area contributed by atoms with E-state index in [1.54, 1.807) is 29.4 Å². The van der Waals surface area contributed by atoms with Gasteiger partial charge < -0.3 is 18.9 Å². The van der Waals surface area contributed by atoms with Crippen LogP contribution in [-0.2, 0) is 6.18 Å². The van der Waals surface area contributed by atoms with Crippen molar-refractivity contribution in [2.45, 2.75) is 25.1 Å². The van der Waals surface area contributed by atoms with Gasteiger partial charge in [0, 0.05) is 24.7 Å². The van der Waals surface area contributed by atoms with Crippen molar-refractivity contribution < 1.29 is 27.4 Å². The first-order valence-electron chi connectivity index (χ1n) is 9.63. The highest BCUT2D eigenvalue weighted by atomic mass is 19.4. The molecular formula is C21H18F3N3O3. The zero-order valence-electron chi connectivity index (χ0n) is 15.9. The van der Waals surface area contributed by atoms with Gasteiger partial charge in [-0.3, -0.25) is 4.79 Å². The van der Waals surface area contributed by atoms with Crippen LogP contribution in [0, 0.1) is 0 Å². The van der Waals surface area contributed by atoms with E-state index in [1.807, 2.05) is 4.57 Å². The third-order valence-electron chi connectivity index (χ3n) is 5.67. The van der Waals surface area contributed by atoms with Crippen molar-refractivity contribution in [3.05, 3.63) is 53.9 Å². The summed E-state index contributed by atoms with van der Waals surface area (Å²) in [5.74, 6) is 1.13. The number of hydrogen-bond donors (Lipinski definition) is 0. The predicted octanol–water partition coefficient (Wildman–Crippen LogP) is 4.26. The minimum absolute atomic E-state index is 0.0722. The van der Waals surface area contributed by atoms with E-state index in [9.17, 15) is 18.0 Å². The van der Waals surface area contributed by atoms with Crippen molar-refractivity contribution in [3.63, 3.8) is 0 Å². The quantitative estimate of drug-likeness (QED) is 0.625. The maximum absolute atomic E-state index is 12.9. The summed E-state index contributed by atoms with van der Waals surface area (Å²) in [6.45, 7) is 1.26. The number of carbonyl (C=O) groups excluding carboxylic acids is 1. The fourth-order valence-corrected chi connectivity index (χ4v) is 4.06. The summed E-state index contributed by atoms with van der Waals surface area (Å²) >= 11 is 0. The molecule has 0 bridgehead atoms. The second kappa shape index (κ2) is 6.93. The molecule has 0 saturated carbocycles. The van der Waals surface area contributed by atoms with Crippen LogP contribution in [0.25, 0.3) is 11.0 Å². The molecule has 156 valence electrons. The summed E-state index contributed by atoms with van der Waals surface area (Å²) in [6, 6.07) is 8.85. The van der Waals surface area contributed by atoms with Gasteiger partial charge in [0.25, 0.3) is 5.91 Å². The number of aromatic nitrogens is 2. The molecule has 2 aromatic carbocycles. The Labute approximate surface area is 169 Å². The Morgan fingerprint density at radius 1 is 1.03 bits per heavy atom. The summed E-state index contributed by atoms with van der Waals surface area (Å²) in [4.78, 5) is 18.8. The van der Waals surface area contributed by atoms with E-state index in [4.69, 9.17) is 9.47 Å². The fourth-order valence-electron chi connectivity index (χ4n) is 4.06. The number of piperidine rings is 1. The number of amides is 1. The van der Waals surface area contributed by atoms with Crippen LogP contribution in [-0.4, -0.2) is 40.2 Å². The molecule has 3 heterocycles. The van der Waals surface area contributed by atoms with Crippen molar-refractivity contribution in [1.82, 2.24) is 14.5 Å². The van der Waals surface area contributed by atoms with Gasteiger partial charge in [-0.05, 0) is 49.2 Å². The van der Waals surface area contributed by atoms with Crippen molar-refractivity contribution in [1.29, 1.82) is 0 Å². The fraction of sp³-hybridized carbons (Fsp3) is 0.333. The highest BCUT2D eigenvalue weighted by Gasteiger charge is 2.31. The van der Waals surface area contributed by atoms with Crippen molar-refractivity contribution in [3.8, 4) is 11.5 Å². The molecule has 30 heavy (non-hydrogen) atoms. The molecule has 2 aliphatic heterocycles. The second-order valence-corrected chi connectivity index (χ2v) is 7.44. The lowest BCUT2D eigenvalue weighted by Crippen LogP contribution is -2.39. The third-order valence-corrected chi connectivity index (χ3v) is 5.67. The van der Waals surface area contributed by atoms with E-state index in [0.29, 0.717) is 54.0 Å². The number of halogens is 3. The monoisotopic (exact) mass is 417 g/mol. The zero-order valence-corrected chi connectivity index (χ0v) is 15.9. The average molecular weight is 417 g/mol. The zero-order chi connectivity index (χ0) is 20.9. The highest BCUT2D eigenvalue weighted by molar-refractivity contribution is 5.95. The van der Waals surface area contributed by atoms with Gasteiger partial charge in [-0.2, -0.15) is 13.2 Å². The molecule has 0 unspecified atom stereocenters. The minimum Gasteiger partial charge on any atom is -0.454 e. The first-order chi connectivity index (χ1) is 14.4. The van der Waals surface area contributed by atoms with Crippen molar-refractivity contribution in [2.24, 2.45) is 0 Å². The Kier molecular flexibility index (Phi) is 4.34. The van der Waals surface area contributed by atoms with Crippen molar-refractivity contribution >= 4 is 16.9 Å². The Bertz CT molecular complexity index is 1120. The smallest absolute Gasteiger partial charge is 0.416 e. The number of nitrogens with zero attached hydrogens (tertiary/aromatic N) is 3. The number of imidazole rings is 1. The molecule has 0 spiro atoms. The van der Waals surface area contributed by atoms with Gasteiger partial charge in [0.2, 0.25) is 6.79 Å². The molecule has 1 saturated heterocycles. The molecular weight excluding hydrogens is 399 g/mol. The van der Waals surface area contributed by atoms with Crippen LogP contribution in [0.2, 0.25) is 0 Å². The van der Waals surface area contributed by atoms with Gasteiger partial charge in [-0.15, -0.1) is 0 Å². The number of likely N-dealkylation sites (tertiary alicyclic amines) is 1. The SMILES string of the molecule is O=C(c1ccc2c(c1)OCO2)N1CCC(n2cnc3cc(C(F)(F)F)ccc32)CC1. The van der Waals surface area contributed by atoms with E-state index in [0.717, 1.165) is 12.1 Å². The van der Waals surface area contributed by atoms with E-state index < -0.39 is 11.7 Å². The normalized spacial score (nSPS) is 17.0. The molecule has 1 fully saturated rings. The molecule has 3 aromatic rings. The molecule has 5 rings (SSSR count). The lowest BCUT2D eigenvalue weighted by atomic mass is 10.0. The van der Waals surface area contributed by atoms with Crippen LogP contribution in [0.15, 0.2) is 42.7 Å². The summed E-state index contributed by atoms with van der Waals surface area (Å²) in [7, 11) is 0. The van der Waals surface area contributed by atoms with Crippen molar-refractivity contribution in [2.75, 3.05) is 19.9 Å². The first kappa shape index (κ1) is 18.8. The van der Waals surface area contributed by atoms with E-state index in [-0.39, 0.29) is 18.7 Å². The third kappa shape index (κ3) is 3.24. The molecule has 0 radical (unpaired) electrons. The number of hydrogen-bond acceptors (Lipinski definition) is 4. The number of benzene rings is 2. The van der Waals surface area contributed by atoms with Gasteiger partial charge in [-0.1, -0.05) is 0 Å². The Hall–Kier alpha value is -3.23. The number of alkyl halides is 3. The molecule has 1 aromatic heterocycles. The summed E-state index contributed by atoms with van der Waals surface area (Å²) < 4.78 is 51.3. The van der Waals surface area contributed by atoms with Gasteiger partial charge in [-0.25, -0.2) is 4.98 Å². The van der Waals surface area contributed by atoms with Crippen LogP contribution < -0.4 is 9.47 Å². The van der Waals surface area contributed by atoms with Crippen LogP contribution in [0.5, 0.6) is 11.5 Å². The Morgan fingerprint density at radius 3 is 2.57 bits per heavy atom. The Morgan fingerprint density at radius 2 is 1.80 bits per heavy atom. The van der Waals surface area contributed by atoms with E-state index in [2.05, 4.69) is 4.98 Å². The lowest BCUT2D eigenvalue weighted by Gasteiger charge is -2.33. The number of rotatable bonds is 2. The summed E-state index contributed by atoms with van der Waals surface area (Å²) in [5, 5.41) is 0. The highest BCUT2D eigenvalue weighted by Crippen LogP contribution is 2.35. The minimum atomic E-state index is -4.39. The van der Waals surface area contributed by atoms with Gasteiger partial charge >= 0.3 is 6.18 Å². The molecule has 1 amide bonds. The molecule has 0 N–H and O–H groups in total. The van der Waals surface area contributed by atoms with Gasteiger partial charge in [0.05, 0.1) is 22.9 Å². The van der Waals surface area contributed by atoms with Gasteiger partial charge in [0.1, 0.15) is 0 Å². The molecule has 9 heteroatoms. The Balaban J connectivity index is 1.29. The largest absolute Gasteiger partial charge is 0.454 e. The summed E-state index contributed by atoms with van der Waals surface area (Å²) in [5.41, 5.74) is 0.835. The molecule has 6 nitrogen and oxygen atoms in total. The van der Waals surface area contributed by atoms with Crippen LogP contribution in [0.4, 0.5) is 13.2 Å². The standard InChI is InChI=1S/C21H18F3N3O3/c22-21(23,24)14-2-3-17-16(10-14)25-11-27(17)15-5-7-26(8-6-15)20(28)13-1-4-18-19(9-13)30-12-29-18/h1-4,9-11,15H,5-8,12H2. The van der Waals surface area contributed by atoms with E-state index >= 15 is 0 Å². The number of fused-ring (bicyclic) bond motifs is 2. The summed E-state index contributed by atoms with van der Waals surface area (Å²) in [6.07, 6.45) is -1.41. The van der Waals surface area contributed by atoms with E-state index in [1.165, 1.54) is 6.07 Å². The maximum atomic E-state index is 12.9. The van der Waals surface area contributed by atoms with Crippen LogP contribution >= 0.6 is 0 Å². The average Bonchev–Trinajstić information content (AvgIpc) is 3.38. The van der Waals surface area contributed by atoms with Crippen LogP contribution in [0.1, 0.15) is 34.8 Å². The number of carbonyl (C=O) groups is 1. The maximum Gasteiger partial charge on any atom is 0.416 e. The lowest BCUT2D eigenvalue weighted by molar-refractivity contribution is -0.137. The molecule has 0 aliphatic carbocycles. The molecule has 0 atom stereocenters. The van der Waals surface area contributed by atoms with Gasteiger partial charge in [0.15, 0.2) is 11.5 Å². The molecule has 2 aliphatic rings. The van der Waals surface area contributed by atoms with Crippen LogP contribution in [0.3, 0.4) is 0 Å². The second-order valence-electron chi connectivity index (χ2n) is 7.44.